The molecule has 0 bridgehead atoms. The van der Waals surface area contributed by atoms with Crippen molar-refractivity contribution in [2.24, 2.45) is 0 Å². The van der Waals surface area contributed by atoms with Crippen molar-refractivity contribution < 1.29 is 22.7 Å². The van der Waals surface area contributed by atoms with Crippen molar-refractivity contribution >= 4 is 16.7 Å². The second-order valence-corrected chi connectivity index (χ2v) is 4.51. The Labute approximate surface area is 106 Å². The highest BCUT2D eigenvalue weighted by molar-refractivity contribution is 6.03. The van der Waals surface area contributed by atoms with Gasteiger partial charge in [-0.15, -0.1) is 13.2 Å². The Hall–Kier alpha value is -1.98. The molecule has 0 radical (unpaired) electrons. The zero-order valence-electron chi connectivity index (χ0n) is 9.80. The van der Waals surface area contributed by atoms with Crippen molar-refractivity contribution in [3.05, 3.63) is 29.5 Å². The number of hydrogen-bond acceptors (Lipinski definition) is 2. The van der Waals surface area contributed by atoms with Gasteiger partial charge in [-0.05, 0) is 36.6 Å². The normalized spacial score (nSPS) is 15.6. The highest BCUT2D eigenvalue weighted by atomic mass is 19.4. The van der Waals surface area contributed by atoms with Gasteiger partial charge in [0, 0.05) is 17.3 Å². The minimum absolute atomic E-state index is 0.00994. The lowest BCUT2D eigenvalue weighted by atomic mass is 9.95. The summed E-state index contributed by atoms with van der Waals surface area (Å²) in [6, 6.07) is 4.07. The van der Waals surface area contributed by atoms with Crippen LogP contribution in [0.25, 0.3) is 10.9 Å². The van der Waals surface area contributed by atoms with Crippen molar-refractivity contribution in [3.8, 4) is 5.75 Å². The fraction of sp³-hybridized carbons (Fsp3) is 0.308. The van der Waals surface area contributed by atoms with E-state index in [2.05, 4.69) is 9.72 Å². The topological polar surface area (TPSA) is 42.1 Å². The van der Waals surface area contributed by atoms with E-state index in [-0.39, 0.29) is 11.5 Å². The Morgan fingerprint density at radius 2 is 2.00 bits per heavy atom. The molecule has 0 unspecified atom stereocenters. The van der Waals surface area contributed by atoms with Crippen molar-refractivity contribution in [3.63, 3.8) is 0 Å². The molecule has 1 aliphatic rings. The minimum Gasteiger partial charge on any atom is -0.406 e. The van der Waals surface area contributed by atoms with E-state index in [4.69, 9.17) is 0 Å². The summed E-state index contributed by atoms with van der Waals surface area (Å²) >= 11 is 0. The zero-order valence-corrected chi connectivity index (χ0v) is 9.80. The Bertz CT molecular complexity index is 658. The van der Waals surface area contributed by atoms with E-state index in [9.17, 15) is 18.0 Å². The molecule has 0 aliphatic heterocycles. The van der Waals surface area contributed by atoms with Gasteiger partial charge < -0.3 is 9.72 Å². The number of carbonyl (C=O) groups excluding carboxylic acids is 1. The molecular weight excluding hydrogens is 259 g/mol. The molecule has 2 aromatic rings. The maximum Gasteiger partial charge on any atom is 0.573 e. The summed E-state index contributed by atoms with van der Waals surface area (Å²) in [6.45, 7) is 0. The molecular formula is C13H10F3NO2. The van der Waals surface area contributed by atoms with Gasteiger partial charge in [0.05, 0.1) is 5.69 Å². The summed E-state index contributed by atoms with van der Waals surface area (Å²) in [6.07, 6.45) is -2.81. The maximum atomic E-state index is 12.2. The molecule has 0 atom stereocenters. The number of Topliss-reactive ketones (excluding diaryl/α,β-unsaturated/α-hetero) is 1. The van der Waals surface area contributed by atoms with Crippen LogP contribution >= 0.6 is 0 Å². The van der Waals surface area contributed by atoms with Gasteiger partial charge in [-0.3, -0.25) is 4.79 Å². The number of ketones is 1. The molecule has 6 heteroatoms. The van der Waals surface area contributed by atoms with Gasteiger partial charge in [-0.1, -0.05) is 0 Å². The summed E-state index contributed by atoms with van der Waals surface area (Å²) in [5, 5.41) is 0.629. The highest BCUT2D eigenvalue weighted by Gasteiger charge is 2.31. The number of halogens is 3. The fourth-order valence-corrected chi connectivity index (χ4v) is 2.47. The zero-order chi connectivity index (χ0) is 13.6. The molecule has 0 fully saturated rings. The van der Waals surface area contributed by atoms with E-state index in [1.165, 1.54) is 18.2 Å². The molecule has 1 aliphatic carbocycles. The van der Waals surface area contributed by atoms with Gasteiger partial charge in [0.25, 0.3) is 0 Å². The monoisotopic (exact) mass is 269 g/mol. The van der Waals surface area contributed by atoms with Crippen LogP contribution in [0.2, 0.25) is 0 Å². The van der Waals surface area contributed by atoms with E-state index in [1.54, 1.807) is 0 Å². The average molecular weight is 269 g/mol. The lowest BCUT2D eigenvalue weighted by Crippen LogP contribution is -2.17. The molecule has 3 nitrogen and oxygen atoms in total. The van der Waals surface area contributed by atoms with Gasteiger partial charge in [0.15, 0.2) is 5.78 Å². The van der Waals surface area contributed by atoms with Crippen LogP contribution in [0.1, 0.15) is 28.9 Å². The quantitative estimate of drug-likeness (QED) is 0.859. The number of fused-ring (bicyclic) bond motifs is 3. The molecule has 0 spiro atoms. The molecule has 0 saturated carbocycles. The largest absolute Gasteiger partial charge is 0.573 e. The SMILES string of the molecule is O=C1CCCc2c1[nH]c1ccc(OC(F)(F)F)cc21. The fourth-order valence-electron chi connectivity index (χ4n) is 2.47. The number of benzene rings is 1. The van der Waals surface area contributed by atoms with Gasteiger partial charge in [-0.2, -0.15) is 0 Å². The molecule has 19 heavy (non-hydrogen) atoms. The summed E-state index contributed by atoms with van der Waals surface area (Å²) < 4.78 is 40.5. The maximum absolute atomic E-state index is 12.2. The third-order valence-electron chi connectivity index (χ3n) is 3.22. The smallest absolute Gasteiger partial charge is 0.406 e. The highest BCUT2D eigenvalue weighted by Crippen LogP contribution is 2.33. The minimum atomic E-state index is -4.71. The first-order chi connectivity index (χ1) is 8.94. The number of aromatic amines is 1. The van der Waals surface area contributed by atoms with Gasteiger partial charge in [-0.25, -0.2) is 0 Å². The van der Waals surface area contributed by atoms with E-state index in [0.717, 1.165) is 12.0 Å². The van der Waals surface area contributed by atoms with E-state index >= 15 is 0 Å². The number of hydrogen-bond donors (Lipinski definition) is 1. The lowest BCUT2D eigenvalue weighted by Gasteiger charge is -2.10. The number of alkyl halides is 3. The summed E-state index contributed by atoms with van der Waals surface area (Å²) in [5.74, 6) is -0.254. The van der Waals surface area contributed by atoms with Gasteiger partial charge in [0.1, 0.15) is 5.75 Å². The van der Waals surface area contributed by atoms with Crippen molar-refractivity contribution in [1.82, 2.24) is 4.98 Å². The van der Waals surface area contributed by atoms with Crippen molar-refractivity contribution in [2.45, 2.75) is 25.6 Å². The molecule has 1 heterocycles. The van der Waals surface area contributed by atoms with Crippen LogP contribution in [0.5, 0.6) is 5.75 Å². The van der Waals surface area contributed by atoms with E-state index in [1.807, 2.05) is 0 Å². The summed E-state index contributed by atoms with van der Waals surface area (Å²) in [4.78, 5) is 14.7. The van der Waals surface area contributed by atoms with Crippen LogP contribution in [-0.2, 0) is 6.42 Å². The third-order valence-corrected chi connectivity index (χ3v) is 3.22. The van der Waals surface area contributed by atoms with Crippen molar-refractivity contribution in [2.75, 3.05) is 0 Å². The molecule has 3 rings (SSSR count). The second-order valence-electron chi connectivity index (χ2n) is 4.51. The van der Waals surface area contributed by atoms with Crippen LogP contribution in [-0.4, -0.2) is 17.1 Å². The number of nitrogens with one attached hydrogen (secondary N) is 1. The molecule has 0 amide bonds. The number of carbonyl (C=O) groups is 1. The number of ether oxygens (including phenoxy) is 1. The van der Waals surface area contributed by atoms with Crippen LogP contribution in [0, 0.1) is 0 Å². The Morgan fingerprint density at radius 1 is 1.21 bits per heavy atom. The van der Waals surface area contributed by atoms with Crippen LogP contribution < -0.4 is 4.74 Å². The van der Waals surface area contributed by atoms with E-state index in [0.29, 0.717) is 29.4 Å². The number of aryl methyl sites for hydroxylation is 1. The van der Waals surface area contributed by atoms with Gasteiger partial charge >= 0.3 is 6.36 Å². The number of aromatic nitrogens is 1. The average Bonchev–Trinajstić information content (AvgIpc) is 2.67. The summed E-state index contributed by atoms with van der Waals surface area (Å²) in [5.41, 5.74) is 1.97. The lowest BCUT2D eigenvalue weighted by molar-refractivity contribution is -0.274. The number of H-pyrrole nitrogens is 1. The molecule has 1 N–H and O–H groups in total. The Morgan fingerprint density at radius 3 is 2.74 bits per heavy atom. The first kappa shape index (κ1) is 12.1. The molecule has 100 valence electrons. The Balaban J connectivity index is 2.10. The first-order valence-electron chi connectivity index (χ1n) is 5.87. The molecule has 1 aromatic heterocycles. The second kappa shape index (κ2) is 4.01. The Kier molecular flexibility index (Phi) is 2.55. The van der Waals surface area contributed by atoms with Crippen LogP contribution in [0.4, 0.5) is 13.2 Å². The third kappa shape index (κ3) is 2.18. The van der Waals surface area contributed by atoms with Gasteiger partial charge in [0.2, 0.25) is 0 Å². The predicted molar refractivity (Wildman–Crippen MR) is 62.3 cm³/mol. The molecule has 0 saturated heterocycles. The van der Waals surface area contributed by atoms with Crippen LogP contribution in [0.15, 0.2) is 18.2 Å². The van der Waals surface area contributed by atoms with E-state index < -0.39 is 6.36 Å². The standard InChI is InChI=1S/C13H10F3NO2/c14-13(15,16)19-7-4-5-10-9(6-7)8-2-1-3-11(18)12(8)17-10/h4-6,17H,1-3H2. The predicted octanol–water partition coefficient (Wildman–Crippen LogP) is 3.59. The van der Waals surface area contributed by atoms with Crippen molar-refractivity contribution in [1.29, 1.82) is 0 Å². The summed E-state index contributed by atoms with van der Waals surface area (Å²) in [7, 11) is 0. The van der Waals surface area contributed by atoms with Crippen LogP contribution in [0.3, 0.4) is 0 Å². The number of rotatable bonds is 1. The molecule has 1 aromatic carbocycles. The first-order valence-corrected chi connectivity index (χ1v) is 5.87.